The van der Waals surface area contributed by atoms with Gasteiger partial charge in [0.2, 0.25) is 0 Å². The van der Waals surface area contributed by atoms with E-state index in [1.807, 2.05) is 0 Å². The second-order valence-corrected chi connectivity index (χ2v) is 7.77. The van der Waals surface area contributed by atoms with Gasteiger partial charge in [0.05, 0.1) is 13.2 Å². The van der Waals surface area contributed by atoms with Crippen molar-refractivity contribution in [3.05, 3.63) is 0 Å². The highest BCUT2D eigenvalue weighted by molar-refractivity contribution is 4.73. The predicted molar refractivity (Wildman–Crippen MR) is 107 cm³/mol. The Bertz CT molecular complexity index is 256. The average Bonchev–Trinajstić information content (AvgIpc) is 2.62. The second-order valence-electron chi connectivity index (χ2n) is 7.77. The van der Waals surface area contributed by atoms with E-state index in [9.17, 15) is 0 Å². The number of unbranched alkanes of at least 4 members (excludes halogenated alkanes) is 13. The Kier molecular flexibility index (Phi) is 15.0. The molecule has 0 radical (unpaired) electrons. The number of ether oxygens (including phenoxy) is 1. The van der Waals surface area contributed by atoms with Crippen molar-refractivity contribution in [2.45, 2.75) is 116 Å². The quantitative estimate of drug-likeness (QED) is 0.294. The lowest BCUT2D eigenvalue weighted by atomic mass is 10.0. The highest BCUT2D eigenvalue weighted by Gasteiger charge is 2.20. The maximum Gasteiger partial charge on any atom is 0.0622 e. The van der Waals surface area contributed by atoms with E-state index in [1.54, 1.807) is 0 Å². The summed E-state index contributed by atoms with van der Waals surface area (Å²) in [4.78, 5) is 2.66. The van der Waals surface area contributed by atoms with Gasteiger partial charge in [-0.2, -0.15) is 0 Å². The molecule has 0 aromatic carbocycles. The van der Waals surface area contributed by atoms with Crippen molar-refractivity contribution >= 4 is 0 Å². The van der Waals surface area contributed by atoms with Crippen molar-refractivity contribution in [1.29, 1.82) is 0 Å². The predicted octanol–water partition coefficient (Wildman–Crippen LogP) is 6.58. The standard InChI is InChI=1S/C22H45NO/c1-3-5-6-7-8-9-10-11-12-13-14-15-16-17-18-23-19-20-24-21-22(23)4-2/h22H,3-21H2,1-2H3. The van der Waals surface area contributed by atoms with Crippen molar-refractivity contribution in [3.8, 4) is 0 Å². The number of hydrogen-bond acceptors (Lipinski definition) is 2. The molecule has 1 rings (SSSR count). The fraction of sp³-hybridized carbons (Fsp3) is 1.00. The molecule has 1 fully saturated rings. The molecule has 144 valence electrons. The average molecular weight is 340 g/mol. The molecule has 0 aliphatic carbocycles. The summed E-state index contributed by atoms with van der Waals surface area (Å²) in [5.41, 5.74) is 0. The molecule has 1 atom stereocenters. The van der Waals surface area contributed by atoms with Crippen LogP contribution in [-0.4, -0.2) is 37.2 Å². The van der Waals surface area contributed by atoms with Gasteiger partial charge in [-0.05, 0) is 19.4 Å². The molecule has 0 saturated carbocycles. The van der Waals surface area contributed by atoms with Crippen LogP contribution >= 0.6 is 0 Å². The zero-order chi connectivity index (χ0) is 17.3. The van der Waals surface area contributed by atoms with Gasteiger partial charge in [-0.25, -0.2) is 0 Å². The van der Waals surface area contributed by atoms with Crippen LogP contribution in [0.25, 0.3) is 0 Å². The lowest BCUT2D eigenvalue weighted by Gasteiger charge is -2.35. The summed E-state index contributed by atoms with van der Waals surface area (Å²) in [7, 11) is 0. The van der Waals surface area contributed by atoms with Crippen molar-refractivity contribution in [2.24, 2.45) is 0 Å². The van der Waals surface area contributed by atoms with Crippen LogP contribution in [0.4, 0.5) is 0 Å². The van der Waals surface area contributed by atoms with E-state index in [0.717, 1.165) is 19.8 Å². The Morgan fingerprint density at radius 3 is 1.71 bits per heavy atom. The summed E-state index contributed by atoms with van der Waals surface area (Å²) in [6.07, 6.45) is 21.5. The van der Waals surface area contributed by atoms with E-state index in [0.29, 0.717) is 6.04 Å². The van der Waals surface area contributed by atoms with Gasteiger partial charge >= 0.3 is 0 Å². The SMILES string of the molecule is CCCCCCCCCCCCCCCCN1CCOCC1CC. The molecule has 0 spiro atoms. The van der Waals surface area contributed by atoms with E-state index in [2.05, 4.69) is 18.7 Å². The zero-order valence-corrected chi connectivity index (χ0v) is 16.9. The van der Waals surface area contributed by atoms with Crippen LogP contribution in [0.2, 0.25) is 0 Å². The Morgan fingerprint density at radius 1 is 0.708 bits per heavy atom. The third kappa shape index (κ3) is 11.5. The minimum Gasteiger partial charge on any atom is -0.378 e. The maximum atomic E-state index is 5.59. The minimum absolute atomic E-state index is 0.681. The van der Waals surface area contributed by atoms with Crippen molar-refractivity contribution in [1.82, 2.24) is 4.90 Å². The first-order chi connectivity index (χ1) is 11.9. The van der Waals surface area contributed by atoms with Gasteiger partial charge in [0.15, 0.2) is 0 Å². The summed E-state index contributed by atoms with van der Waals surface area (Å²) in [5.74, 6) is 0. The number of nitrogens with zero attached hydrogens (tertiary/aromatic N) is 1. The van der Waals surface area contributed by atoms with Crippen molar-refractivity contribution in [2.75, 3.05) is 26.3 Å². The Labute approximate surface area is 152 Å². The summed E-state index contributed by atoms with van der Waals surface area (Å²) < 4.78 is 5.59. The Morgan fingerprint density at radius 2 is 1.21 bits per heavy atom. The van der Waals surface area contributed by atoms with Gasteiger partial charge in [-0.1, -0.05) is 97.3 Å². The summed E-state index contributed by atoms with van der Waals surface area (Å²) in [6, 6.07) is 0.681. The van der Waals surface area contributed by atoms with Crippen LogP contribution in [0.15, 0.2) is 0 Å². The maximum absolute atomic E-state index is 5.59. The van der Waals surface area contributed by atoms with E-state index in [-0.39, 0.29) is 0 Å². The number of morpholine rings is 1. The molecule has 1 heterocycles. The number of hydrogen-bond donors (Lipinski definition) is 0. The second kappa shape index (κ2) is 16.4. The molecule has 0 aromatic heterocycles. The third-order valence-corrected chi connectivity index (χ3v) is 5.62. The van der Waals surface area contributed by atoms with Crippen molar-refractivity contribution in [3.63, 3.8) is 0 Å². The zero-order valence-electron chi connectivity index (χ0n) is 16.9. The van der Waals surface area contributed by atoms with Crippen LogP contribution in [0.1, 0.15) is 110 Å². The van der Waals surface area contributed by atoms with Crippen LogP contribution in [0, 0.1) is 0 Å². The highest BCUT2D eigenvalue weighted by Crippen LogP contribution is 2.14. The normalized spacial score (nSPS) is 19.0. The molecule has 1 saturated heterocycles. The monoisotopic (exact) mass is 339 g/mol. The lowest BCUT2D eigenvalue weighted by Crippen LogP contribution is -2.45. The lowest BCUT2D eigenvalue weighted by molar-refractivity contribution is -0.00918. The Hall–Kier alpha value is -0.0800. The molecule has 2 heteroatoms. The first-order valence-corrected chi connectivity index (χ1v) is 11.2. The van der Waals surface area contributed by atoms with Gasteiger partial charge in [-0.15, -0.1) is 0 Å². The Balaban J connectivity index is 1.77. The third-order valence-electron chi connectivity index (χ3n) is 5.62. The van der Waals surface area contributed by atoms with Gasteiger partial charge < -0.3 is 4.74 Å². The molecule has 24 heavy (non-hydrogen) atoms. The van der Waals surface area contributed by atoms with Gasteiger partial charge in [0.1, 0.15) is 0 Å². The molecular formula is C22H45NO. The first-order valence-electron chi connectivity index (χ1n) is 11.2. The van der Waals surface area contributed by atoms with Crippen LogP contribution < -0.4 is 0 Å². The molecular weight excluding hydrogens is 294 g/mol. The fourth-order valence-electron chi connectivity index (χ4n) is 3.87. The molecule has 1 aliphatic heterocycles. The largest absolute Gasteiger partial charge is 0.378 e. The van der Waals surface area contributed by atoms with Crippen LogP contribution in [-0.2, 0) is 4.74 Å². The number of rotatable bonds is 16. The molecule has 0 aromatic rings. The minimum atomic E-state index is 0.681. The van der Waals surface area contributed by atoms with E-state index < -0.39 is 0 Å². The van der Waals surface area contributed by atoms with Gasteiger partial charge in [0.25, 0.3) is 0 Å². The fourth-order valence-corrected chi connectivity index (χ4v) is 3.87. The van der Waals surface area contributed by atoms with Gasteiger partial charge in [0, 0.05) is 12.6 Å². The smallest absolute Gasteiger partial charge is 0.0622 e. The molecule has 0 amide bonds. The molecule has 2 nitrogen and oxygen atoms in total. The molecule has 0 bridgehead atoms. The topological polar surface area (TPSA) is 12.5 Å². The molecule has 1 unspecified atom stereocenters. The van der Waals surface area contributed by atoms with E-state index >= 15 is 0 Å². The summed E-state index contributed by atoms with van der Waals surface area (Å²) in [6.45, 7) is 8.92. The van der Waals surface area contributed by atoms with Crippen molar-refractivity contribution < 1.29 is 4.74 Å². The van der Waals surface area contributed by atoms with Crippen LogP contribution in [0.5, 0.6) is 0 Å². The first kappa shape index (κ1) is 22.0. The highest BCUT2D eigenvalue weighted by atomic mass is 16.5. The van der Waals surface area contributed by atoms with E-state index in [1.165, 1.54) is 103 Å². The molecule has 1 aliphatic rings. The van der Waals surface area contributed by atoms with Gasteiger partial charge in [-0.3, -0.25) is 4.90 Å². The van der Waals surface area contributed by atoms with E-state index in [4.69, 9.17) is 4.74 Å². The van der Waals surface area contributed by atoms with Crippen LogP contribution in [0.3, 0.4) is 0 Å². The summed E-state index contributed by atoms with van der Waals surface area (Å²) >= 11 is 0. The molecule has 0 N–H and O–H groups in total. The summed E-state index contributed by atoms with van der Waals surface area (Å²) in [5, 5.41) is 0.